The minimum Gasteiger partial charge on any atom is -0.487 e. The van der Waals surface area contributed by atoms with Crippen LogP contribution in [0, 0.1) is 6.92 Å². The first kappa shape index (κ1) is 14.9. The van der Waals surface area contributed by atoms with E-state index in [2.05, 4.69) is 25.8 Å². The van der Waals surface area contributed by atoms with Crippen molar-refractivity contribution in [2.75, 3.05) is 6.54 Å². The average Bonchev–Trinajstić information content (AvgIpc) is 2.89. The molecule has 0 unspecified atom stereocenters. The van der Waals surface area contributed by atoms with E-state index in [1.54, 1.807) is 30.1 Å². The van der Waals surface area contributed by atoms with Crippen LogP contribution in [0.25, 0.3) is 0 Å². The van der Waals surface area contributed by atoms with E-state index in [9.17, 15) is 4.79 Å². The second-order valence-corrected chi connectivity index (χ2v) is 4.62. The van der Waals surface area contributed by atoms with Crippen LogP contribution >= 0.6 is 0 Å². The Morgan fingerprint density at radius 3 is 3.05 bits per heavy atom. The average molecular weight is 290 g/mol. The third kappa shape index (κ3) is 4.83. The number of aryl methyl sites for hydroxylation is 2. The zero-order valence-corrected chi connectivity index (χ0v) is 12.1. The zero-order chi connectivity index (χ0) is 15.1. The fourth-order valence-corrected chi connectivity index (χ4v) is 1.70. The standard InChI is InChI=1S/C13H18N6O2/c1-10(21-12-4-3-6-14-9-12)8-15-13(20)5-7-19-11(2)16-17-18-19/h3-4,6,9-10H,5,7-8H2,1-2H3,(H,15,20)/t10-/m0/s1. The van der Waals surface area contributed by atoms with Crippen LogP contribution in [0.1, 0.15) is 19.2 Å². The molecule has 2 heterocycles. The molecule has 0 aliphatic carbocycles. The monoisotopic (exact) mass is 290 g/mol. The van der Waals surface area contributed by atoms with Gasteiger partial charge in [0.2, 0.25) is 5.91 Å². The molecule has 0 aliphatic rings. The van der Waals surface area contributed by atoms with Crippen molar-refractivity contribution in [1.29, 1.82) is 0 Å². The molecule has 0 aliphatic heterocycles. The van der Waals surface area contributed by atoms with Gasteiger partial charge in [-0.05, 0) is 36.4 Å². The van der Waals surface area contributed by atoms with Crippen molar-refractivity contribution in [3.05, 3.63) is 30.4 Å². The van der Waals surface area contributed by atoms with Crippen molar-refractivity contribution in [3.8, 4) is 5.75 Å². The van der Waals surface area contributed by atoms with Gasteiger partial charge in [0.15, 0.2) is 0 Å². The highest BCUT2D eigenvalue weighted by Gasteiger charge is 2.08. The minimum atomic E-state index is -0.132. The van der Waals surface area contributed by atoms with Gasteiger partial charge in [0.05, 0.1) is 19.3 Å². The molecule has 0 spiro atoms. The number of amides is 1. The van der Waals surface area contributed by atoms with E-state index in [1.165, 1.54) is 0 Å². The summed E-state index contributed by atoms with van der Waals surface area (Å²) in [5.41, 5.74) is 0. The number of aromatic nitrogens is 5. The van der Waals surface area contributed by atoms with Crippen LogP contribution in [0.3, 0.4) is 0 Å². The molecule has 2 aromatic heterocycles. The summed E-state index contributed by atoms with van der Waals surface area (Å²) < 4.78 is 7.21. The number of tetrazole rings is 1. The zero-order valence-electron chi connectivity index (χ0n) is 12.1. The number of hydrogen-bond donors (Lipinski definition) is 1. The van der Waals surface area contributed by atoms with E-state index in [4.69, 9.17) is 4.74 Å². The van der Waals surface area contributed by atoms with Crippen LogP contribution in [0.4, 0.5) is 0 Å². The van der Waals surface area contributed by atoms with Crippen LogP contribution in [-0.4, -0.2) is 43.7 Å². The molecule has 112 valence electrons. The Hall–Kier alpha value is -2.51. The molecule has 2 rings (SSSR count). The Balaban J connectivity index is 1.68. The summed E-state index contributed by atoms with van der Waals surface area (Å²) >= 11 is 0. The van der Waals surface area contributed by atoms with Crippen LogP contribution in [0.15, 0.2) is 24.5 Å². The lowest BCUT2D eigenvalue weighted by molar-refractivity contribution is -0.121. The van der Waals surface area contributed by atoms with E-state index >= 15 is 0 Å². The fourth-order valence-electron chi connectivity index (χ4n) is 1.70. The summed E-state index contributed by atoms with van der Waals surface area (Å²) in [7, 11) is 0. The lowest BCUT2D eigenvalue weighted by Crippen LogP contribution is -2.34. The van der Waals surface area contributed by atoms with E-state index in [-0.39, 0.29) is 12.0 Å². The van der Waals surface area contributed by atoms with Gasteiger partial charge in [0.25, 0.3) is 0 Å². The summed E-state index contributed by atoms with van der Waals surface area (Å²) in [6.45, 7) is 4.57. The van der Waals surface area contributed by atoms with Crippen molar-refractivity contribution in [3.63, 3.8) is 0 Å². The van der Waals surface area contributed by atoms with Gasteiger partial charge < -0.3 is 10.1 Å². The lowest BCUT2D eigenvalue weighted by atomic mass is 10.3. The summed E-state index contributed by atoms with van der Waals surface area (Å²) in [4.78, 5) is 15.7. The van der Waals surface area contributed by atoms with Gasteiger partial charge in [-0.3, -0.25) is 9.78 Å². The molecule has 0 radical (unpaired) electrons. The van der Waals surface area contributed by atoms with Crippen molar-refractivity contribution < 1.29 is 9.53 Å². The summed E-state index contributed by atoms with van der Waals surface area (Å²) in [5, 5.41) is 13.9. The summed E-state index contributed by atoms with van der Waals surface area (Å²) in [6.07, 6.45) is 3.51. The Kier molecular flexibility index (Phi) is 5.19. The van der Waals surface area contributed by atoms with Gasteiger partial charge in [0, 0.05) is 12.6 Å². The SMILES string of the molecule is Cc1nnnn1CCC(=O)NC[C@H](C)Oc1cccnc1. The number of nitrogens with one attached hydrogen (secondary N) is 1. The minimum absolute atomic E-state index is 0.0634. The molecule has 21 heavy (non-hydrogen) atoms. The molecule has 2 aromatic rings. The van der Waals surface area contributed by atoms with Crippen molar-refractivity contribution >= 4 is 5.91 Å². The number of ether oxygens (including phenoxy) is 1. The van der Waals surface area contributed by atoms with Crippen LogP contribution in [0.2, 0.25) is 0 Å². The normalized spacial score (nSPS) is 11.9. The predicted octanol–water partition coefficient (Wildman–Crippen LogP) is 0.350. The lowest BCUT2D eigenvalue weighted by Gasteiger charge is -2.15. The van der Waals surface area contributed by atoms with Crippen molar-refractivity contribution in [1.82, 2.24) is 30.5 Å². The molecule has 0 fully saturated rings. The van der Waals surface area contributed by atoms with Gasteiger partial charge >= 0.3 is 0 Å². The molecule has 1 N–H and O–H groups in total. The van der Waals surface area contributed by atoms with E-state index < -0.39 is 0 Å². The van der Waals surface area contributed by atoms with Gasteiger partial charge in [-0.2, -0.15) is 0 Å². The Labute approximate surface area is 122 Å². The molecule has 0 saturated heterocycles. The van der Waals surface area contributed by atoms with Crippen molar-refractivity contribution in [2.45, 2.75) is 32.9 Å². The number of rotatable bonds is 7. The smallest absolute Gasteiger partial charge is 0.221 e. The predicted molar refractivity (Wildman–Crippen MR) is 74.5 cm³/mol. The topological polar surface area (TPSA) is 94.8 Å². The third-order valence-electron chi connectivity index (χ3n) is 2.82. The van der Waals surface area contributed by atoms with E-state index in [0.717, 1.165) is 0 Å². The molecule has 8 nitrogen and oxygen atoms in total. The number of carbonyl (C=O) groups is 1. The molecule has 0 saturated carbocycles. The highest BCUT2D eigenvalue weighted by atomic mass is 16.5. The highest BCUT2D eigenvalue weighted by Crippen LogP contribution is 2.08. The maximum Gasteiger partial charge on any atom is 0.221 e. The molecular weight excluding hydrogens is 272 g/mol. The molecular formula is C13H18N6O2. The second kappa shape index (κ2) is 7.32. The summed E-state index contributed by atoms with van der Waals surface area (Å²) in [5.74, 6) is 1.31. The van der Waals surface area contributed by atoms with Crippen LogP contribution in [0.5, 0.6) is 5.75 Å². The number of hydrogen-bond acceptors (Lipinski definition) is 6. The maximum atomic E-state index is 11.7. The van der Waals surface area contributed by atoms with E-state index in [0.29, 0.717) is 31.1 Å². The molecule has 0 bridgehead atoms. The largest absolute Gasteiger partial charge is 0.487 e. The van der Waals surface area contributed by atoms with Gasteiger partial charge in [-0.15, -0.1) is 5.10 Å². The molecule has 8 heteroatoms. The highest BCUT2D eigenvalue weighted by molar-refractivity contribution is 5.75. The van der Waals surface area contributed by atoms with Gasteiger partial charge in [-0.1, -0.05) is 0 Å². The Bertz CT molecular complexity index is 571. The van der Waals surface area contributed by atoms with Crippen LogP contribution in [-0.2, 0) is 11.3 Å². The van der Waals surface area contributed by atoms with Gasteiger partial charge in [0.1, 0.15) is 17.7 Å². The third-order valence-corrected chi connectivity index (χ3v) is 2.82. The Morgan fingerprint density at radius 2 is 2.38 bits per heavy atom. The number of nitrogens with zero attached hydrogens (tertiary/aromatic N) is 5. The first-order chi connectivity index (χ1) is 10.1. The first-order valence-corrected chi connectivity index (χ1v) is 6.71. The second-order valence-electron chi connectivity index (χ2n) is 4.62. The summed E-state index contributed by atoms with van der Waals surface area (Å²) in [6, 6.07) is 3.63. The number of carbonyl (C=O) groups excluding carboxylic acids is 1. The number of pyridine rings is 1. The first-order valence-electron chi connectivity index (χ1n) is 6.71. The molecule has 1 atom stereocenters. The Morgan fingerprint density at radius 1 is 1.52 bits per heavy atom. The molecule has 0 aromatic carbocycles. The quantitative estimate of drug-likeness (QED) is 0.790. The van der Waals surface area contributed by atoms with Gasteiger partial charge in [-0.25, -0.2) is 4.68 Å². The molecule has 1 amide bonds. The van der Waals surface area contributed by atoms with Crippen molar-refractivity contribution in [2.24, 2.45) is 0 Å². The maximum absolute atomic E-state index is 11.7. The fraction of sp³-hybridized carbons (Fsp3) is 0.462. The van der Waals surface area contributed by atoms with E-state index in [1.807, 2.05) is 13.0 Å². The van der Waals surface area contributed by atoms with Crippen LogP contribution < -0.4 is 10.1 Å².